The van der Waals surface area contributed by atoms with Crippen molar-refractivity contribution in [1.29, 1.82) is 0 Å². The molecule has 4 nitrogen and oxygen atoms in total. The van der Waals surface area contributed by atoms with Crippen LogP contribution in [0.2, 0.25) is 0 Å². The van der Waals surface area contributed by atoms with Gasteiger partial charge in [-0.2, -0.15) is 8.42 Å². The fourth-order valence-corrected chi connectivity index (χ4v) is 2.72. The molecule has 0 amide bonds. The van der Waals surface area contributed by atoms with Crippen LogP contribution < -0.4 is 0 Å². The van der Waals surface area contributed by atoms with E-state index in [4.69, 9.17) is 17.5 Å². The molecule has 16 heavy (non-hydrogen) atoms. The summed E-state index contributed by atoms with van der Waals surface area (Å²) in [5.74, 6) is 0. The van der Waals surface area contributed by atoms with Crippen LogP contribution in [0.3, 0.4) is 0 Å². The number of hydrogen-bond donors (Lipinski definition) is 2. The summed E-state index contributed by atoms with van der Waals surface area (Å²) in [4.78, 5) is 1.36. The van der Waals surface area contributed by atoms with Crippen LogP contribution >= 0.6 is 22.7 Å². The molecule has 0 atom stereocenters. The summed E-state index contributed by atoms with van der Waals surface area (Å²) in [7, 11) is -4.67. The van der Waals surface area contributed by atoms with Crippen LogP contribution in [0.25, 0.3) is 10.4 Å². The lowest BCUT2D eigenvalue weighted by Gasteiger charge is -1.87. The second kappa shape index (κ2) is 6.02. The molecular formula is C9H9O4S3+. The average molecular weight is 277 g/mol. The maximum Gasteiger partial charge on any atom is 0.394 e. The van der Waals surface area contributed by atoms with Gasteiger partial charge in [-0.05, 0) is 0 Å². The van der Waals surface area contributed by atoms with Crippen LogP contribution in [-0.4, -0.2) is 17.5 Å². The van der Waals surface area contributed by atoms with Gasteiger partial charge in [0, 0.05) is 5.56 Å². The number of benzene rings is 1. The van der Waals surface area contributed by atoms with Crippen molar-refractivity contribution in [2.75, 3.05) is 0 Å². The lowest BCUT2D eigenvalue weighted by Crippen LogP contribution is -1.89. The van der Waals surface area contributed by atoms with Crippen molar-refractivity contribution in [3.05, 3.63) is 40.4 Å². The molecule has 1 heterocycles. The fraction of sp³-hybridized carbons (Fsp3) is 0. The molecule has 0 radical (unpaired) electrons. The van der Waals surface area contributed by atoms with Crippen LogP contribution in [0.15, 0.2) is 40.4 Å². The lowest BCUT2D eigenvalue weighted by molar-refractivity contribution is 0.381. The molecule has 0 aliphatic carbocycles. The molecule has 0 saturated heterocycles. The molecule has 0 fully saturated rings. The zero-order valence-electron chi connectivity index (χ0n) is 7.98. The zero-order chi connectivity index (χ0) is 12.0. The average Bonchev–Trinajstić information content (AvgIpc) is 2.69. The first kappa shape index (κ1) is 13.2. The second-order valence-electron chi connectivity index (χ2n) is 2.65. The topological polar surface area (TPSA) is 74.6 Å². The molecule has 2 aromatic rings. The van der Waals surface area contributed by atoms with Crippen molar-refractivity contribution in [2.45, 2.75) is 0 Å². The Kier molecular flexibility index (Phi) is 4.97. The zero-order valence-corrected chi connectivity index (χ0v) is 10.4. The third-order valence-electron chi connectivity index (χ3n) is 1.46. The quantitative estimate of drug-likeness (QED) is 0.620. The molecule has 1 aromatic heterocycles. The minimum absolute atomic E-state index is 1.32. The molecule has 0 saturated carbocycles. The molecule has 7 heteroatoms. The molecule has 0 aliphatic rings. The van der Waals surface area contributed by atoms with Gasteiger partial charge in [-0.15, -0.1) is 0 Å². The SMILES string of the molecule is O=S(=O)(O)O.c1ccc(-c2c[s+]cs2)cc1. The van der Waals surface area contributed by atoms with Gasteiger partial charge in [-0.25, -0.2) is 0 Å². The molecule has 1 aromatic carbocycles. The maximum absolute atomic E-state index is 8.74. The normalized spacial score (nSPS) is 10.4. The van der Waals surface area contributed by atoms with Crippen LogP contribution in [0.1, 0.15) is 0 Å². The highest BCUT2D eigenvalue weighted by Gasteiger charge is 2.04. The van der Waals surface area contributed by atoms with Crippen LogP contribution in [0.4, 0.5) is 0 Å². The highest BCUT2D eigenvalue weighted by atomic mass is 32.3. The van der Waals surface area contributed by atoms with E-state index in [0.29, 0.717) is 0 Å². The van der Waals surface area contributed by atoms with E-state index in [2.05, 4.69) is 34.3 Å². The second-order valence-corrected chi connectivity index (χ2v) is 5.49. The smallest absolute Gasteiger partial charge is 0.264 e. The minimum atomic E-state index is -4.67. The fourth-order valence-electron chi connectivity index (χ4n) is 0.935. The van der Waals surface area contributed by atoms with E-state index in [9.17, 15) is 0 Å². The Balaban J connectivity index is 0.000000221. The standard InChI is InChI=1S/C9H7S2.H2O4S/c1-2-4-8(5-3-1)9-6-10-7-11-9;1-5(2,3)4/h1-7H;(H2,1,2,3,4)/q+1;. The highest BCUT2D eigenvalue weighted by Crippen LogP contribution is 2.26. The van der Waals surface area contributed by atoms with E-state index in [0.717, 1.165) is 0 Å². The van der Waals surface area contributed by atoms with E-state index < -0.39 is 10.4 Å². The van der Waals surface area contributed by atoms with Crippen LogP contribution in [0.5, 0.6) is 0 Å². The Morgan fingerprint density at radius 2 is 1.69 bits per heavy atom. The van der Waals surface area contributed by atoms with Gasteiger partial charge in [-0.1, -0.05) is 30.3 Å². The van der Waals surface area contributed by atoms with Crippen molar-refractivity contribution < 1.29 is 17.5 Å². The van der Waals surface area contributed by atoms with Gasteiger partial charge in [-0.3, -0.25) is 9.11 Å². The predicted octanol–water partition coefficient (Wildman–Crippen LogP) is 3.10. The predicted molar refractivity (Wildman–Crippen MR) is 66.2 cm³/mol. The van der Waals surface area contributed by atoms with Gasteiger partial charge in [0.05, 0.1) is 22.7 Å². The van der Waals surface area contributed by atoms with Crippen molar-refractivity contribution in [1.82, 2.24) is 0 Å². The van der Waals surface area contributed by atoms with Crippen molar-refractivity contribution in [2.24, 2.45) is 0 Å². The molecule has 2 rings (SSSR count). The minimum Gasteiger partial charge on any atom is -0.264 e. The Morgan fingerprint density at radius 3 is 2.12 bits per heavy atom. The Bertz CT molecular complexity index is 497. The van der Waals surface area contributed by atoms with E-state index in [1.807, 2.05) is 6.07 Å². The first-order valence-corrected chi connectivity index (χ1v) is 7.28. The molecule has 0 bridgehead atoms. The summed E-state index contributed by atoms with van der Waals surface area (Å²) >= 11 is 3.55. The third kappa shape index (κ3) is 5.89. The lowest BCUT2D eigenvalue weighted by atomic mass is 10.2. The highest BCUT2D eigenvalue weighted by molar-refractivity contribution is 7.79. The molecule has 86 valence electrons. The van der Waals surface area contributed by atoms with E-state index in [1.165, 1.54) is 10.4 Å². The van der Waals surface area contributed by atoms with E-state index in [1.54, 1.807) is 22.7 Å². The molecule has 0 unspecified atom stereocenters. The number of hydrogen-bond acceptors (Lipinski definition) is 3. The first-order valence-electron chi connectivity index (χ1n) is 4.06. The summed E-state index contributed by atoms with van der Waals surface area (Å²) in [5, 5.41) is 2.18. The maximum atomic E-state index is 8.74. The molecule has 0 aliphatic heterocycles. The van der Waals surface area contributed by atoms with E-state index in [-0.39, 0.29) is 0 Å². The van der Waals surface area contributed by atoms with Gasteiger partial charge in [0.1, 0.15) is 5.38 Å². The monoisotopic (exact) mass is 277 g/mol. The Hall–Kier alpha value is -0.860. The van der Waals surface area contributed by atoms with E-state index >= 15 is 0 Å². The van der Waals surface area contributed by atoms with Crippen molar-refractivity contribution in [3.63, 3.8) is 0 Å². The van der Waals surface area contributed by atoms with Crippen molar-refractivity contribution >= 4 is 33.1 Å². The van der Waals surface area contributed by atoms with Gasteiger partial charge in [0.25, 0.3) is 0 Å². The summed E-state index contributed by atoms with van der Waals surface area (Å²) in [6.45, 7) is 0. The van der Waals surface area contributed by atoms with Crippen LogP contribution in [-0.2, 0) is 10.4 Å². The molecular weight excluding hydrogens is 268 g/mol. The summed E-state index contributed by atoms with van der Waals surface area (Å²) in [6.07, 6.45) is 0. The number of rotatable bonds is 1. The molecule has 2 N–H and O–H groups in total. The van der Waals surface area contributed by atoms with Gasteiger partial charge in [0.15, 0.2) is 4.88 Å². The summed E-state index contributed by atoms with van der Waals surface area (Å²) in [5.41, 5.74) is 1.32. The third-order valence-corrected chi connectivity index (χ3v) is 3.42. The summed E-state index contributed by atoms with van der Waals surface area (Å²) in [6, 6.07) is 10.5. The van der Waals surface area contributed by atoms with Gasteiger partial charge >= 0.3 is 10.4 Å². The summed E-state index contributed by atoms with van der Waals surface area (Å²) < 4.78 is 33.7. The van der Waals surface area contributed by atoms with Crippen LogP contribution in [0, 0.1) is 0 Å². The molecule has 0 spiro atoms. The van der Waals surface area contributed by atoms with Gasteiger partial charge < -0.3 is 0 Å². The van der Waals surface area contributed by atoms with Gasteiger partial charge in [0.2, 0.25) is 4.69 Å². The largest absolute Gasteiger partial charge is 0.394 e. The van der Waals surface area contributed by atoms with Crippen molar-refractivity contribution in [3.8, 4) is 10.4 Å². The Morgan fingerprint density at radius 1 is 1.12 bits per heavy atom. The first-order chi connectivity index (χ1) is 7.47. The Labute approximate surface area is 101 Å².